The molecule has 0 saturated carbocycles. The van der Waals surface area contributed by atoms with Crippen LogP contribution in [-0.2, 0) is 0 Å². The minimum Gasteiger partial charge on any atom is -0.494 e. The maximum atomic E-state index is 11.9. The fraction of sp³-hybridized carbons (Fsp3) is 0.692. The number of aromatic hydroxyl groups is 1. The van der Waals surface area contributed by atoms with E-state index in [1.165, 1.54) is 11.5 Å². The van der Waals surface area contributed by atoms with Gasteiger partial charge in [0.2, 0.25) is 5.88 Å². The highest BCUT2D eigenvalue weighted by Gasteiger charge is 2.24. The lowest BCUT2D eigenvalue weighted by Crippen LogP contribution is -2.40. The molecule has 2 rings (SSSR count). The zero-order valence-electron chi connectivity index (χ0n) is 11.5. The van der Waals surface area contributed by atoms with Crippen molar-refractivity contribution in [3.63, 3.8) is 0 Å². The maximum absolute atomic E-state index is 11.9. The molecule has 1 aromatic rings. The Morgan fingerprint density at radius 1 is 1.32 bits per heavy atom. The molecule has 1 aliphatic heterocycles. The maximum Gasteiger partial charge on any atom is 0.331 e. The van der Waals surface area contributed by atoms with Gasteiger partial charge in [0, 0.05) is 19.1 Å². The molecule has 6 nitrogen and oxygen atoms in total. The van der Waals surface area contributed by atoms with Crippen LogP contribution in [-0.4, -0.2) is 39.2 Å². The fourth-order valence-corrected chi connectivity index (χ4v) is 2.69. The van der Waals surface area contributed by atoms with E-state index >= 15 is 0 Å². The molecule has 2 heterocycles. The fourth-order valence-electron chi connectivity index (χ4n) is 2.69. The Hall–Kier alpha value is -1.56. The third-order valence-corrected chi connectivity index (χ3v) is 3.81. The van der Waals surface area contributed by atoms with Gasteiger partial charge in [0.05, 0.1) is 5.56 Å². The molecule has 0 atom stereocenters. The standard InChI is InChI=1S/C13H21N3O3/c1-3-6-15-7-4-10(5-8-15)16-12(18)9(2)11(17)14-13(16)19/h10,18H,3-8H2,1-2H3,(H,14,17,19). The molecular weight excluding hydrogens is 246 g/mol. The summed E-state index contributed by atoms with van der Waals surface area (Å²) in [6, 6.07) is -0.0313. The SMILES string of the molecule is CCCN1CCC(n2c(O)c(C)c(=O)[nH]c2=O)CC1. The van der Waals surface area contributed by atoms with E-state index < -0.39 is 11.2 Å². The van der Waals surface area contributed by atoms with Crippen molar-refractivity contribution in [3.8, 4) is 5.88 Å². The third-order valence-electron chi connectivity index (χ3n) is 3.81. The van der Waals surface area contributed by atoms with E-state index in [1.807, 2.05) is 0 Å². The van der Waals surface area contributed by atoms with Crippen LogP contribution in [0.3, 0.4) is 0 Å². The van der Waals surface area contributed by atoms with Crippen molar-refractivity contribution < 1.29 is 5.11 Å². The second-order valence-corrected chi connectivity index (χ2v) is 5.15. The molecule has 1 fully saturated rings. The first-order chi connectivity index (χ1) is 9.04. The van der Waals surface area contributed by atoms with Crippen LogP contribution in [0.1, 0.15) is 37.8 Å². The van der Waals surface area contributed by atoms with E-state index in [4.69, 9.17) is 0 Å². The predicted octanol–water partition coefficient (Wildman–Crippen LogP) is 0.598. The minimum atomic E-state index is -0.512. The first-order valence-corrected chi connectivity index (χ1v) is 6.81. The van der Waals surface area contributed by atoms with Gasteiger partial charge in [0.25, 0.3) is 5.56 Å². The largest absolute Gasteiger partial charge is 0.494 e. The van der Waals surface area contributed by atoms with Crippen LogP contribution in [0.4, 0.5) is 0 Å². The van der Waals surface area contributed by atoms with Crippen molar-refractivity contribution in [1.82, 2.24) is 14.5 Å². The summed E-state index contributed by atoms with van der Waals surface area (Å²) in [5.41, 5.74) is -0.820. The summed E-state index contributed by atoms with van der Waals surface area (Å²) >= 11 is 0. The third kappa shape index (κ3) is 2.73. The monoisotopic (exact) mass is 267 g/mol. The van der Waals surface area contributed by atoms with Gasteiger partial charge >= 0.3 is 5.69 Å². The second-order valence-electron chi connectivity index (χ2n) is 5.15. The molecule has 0 amide bonds. The first kappa shape index (κ1) is 13.9. The highest BCUT2D eigenvalue weighted by molar-refractivity contribution is 5.21. The molecule has 0 aliphatic carbocycles. The zero-order chi connectivity index (χ0) is 14.0. The summed E-state index contributed by atoms with van der Waals surface area (Å²) < 4.78 is 1.33. The number of H-pyrrole nitrogens is 1. The topological polar surface area (TPSA) is 78.3 Å². The molecule has 1 aromatic heterocycles. The molecule has 106 valence electrons. The van der Waals surface area contributed by atoms with Gasteiger partial charge < -0.3 is 10.0 Å². The Morgan fingerprint density at radius 3 is 2.53 bits per heavy atom. The highest BCUT2D eigenvalue weighted by atomic mass is 16.3. The van der Waals surface area contributed by atoms with Gasteiger partial charge in [-0.3, -0.25) is 14.3 Å². The minimum absolute atomic E-state index is 0.0313. The van der Waals surface area contributed by atoms with Crippen LogP contribution in [0, 0.1) is 6.92 Å². The van der Waals surface area contributed by atoms with Crippen LogP contribution < -0.4 is 11.2 Å². The summed E-state index contributed by atoms with van der Waals surface area (Å²) in [6.07, 6.45) is 2.76. The average molecular weight is 267 g/mol. The smallest absolute Gasteiger partial charge is 0.331 e. The molecule has 0 bridgehead atoms. The summed E-state index contributed by atoms with van der Waals surface area (Å²) in [5, 5.41) is 10.0. The van der Waals surface area contributed by atoms with Gasteiger partial charge in [0.1, 0.15) is 0 Å². The normalized spacial score (nSPS) is 17.8. The van der Waals surface area contributed by atoms with E-state index in [0.717, 1.165) is 38.9 Å². The van der Waals surface area contributed by atoms with E-state index in [-0.39, 0.29) is 17.5 Å². The van der Waals surface area contributed by atoms with E-state index in [1.54, 1.807) is 0 Å². The molecule has 0 spiro atoms. The molecule has 1 saturated heterocycles. The molecule has 19 heavy (non-hydrogen) atoms. The van der Waals surface area contributed by atoms with Gasteiger partial charge in [-0.25, -0.2) is 4.79 Å². The van der Waals surface area contributed by atoms with Crippen molar-refractivity contribution in [2.24, 2.45) is 0 Å². The van der Waals surface area contributed by atoms with E-state index in [9.17, 15) is 14.7 Å². The number of hydrogen-bond donors (Lipinski definition) is 2. The summed E-state index contributed by atoms with van der Waals surface area (Å²) in [5.74, 6) is -0.192. The molecule has 6 heteroatoms. The summed E-state index contributed by atoms with van der Waals surface area (Å²) in [4.78, 5) is 27.9. The highest BCUT2D eigenvalue weighted by Crippen LogP contribution is 2.25. The Kier molecular flexibility index (Phi) is 4.09. The summed E-state index contributed by atoms with van der Waals surface area (Å²) in [6.45, 7) is 6.58. The van der Waals surface area contributed by atoms with Crippen molar-refractivity contribution in [1.29, 1.82) is 0 Å². The number of aromatic nitrogens is 2. The van der Waals surface area contributed by atoms with Gasteiger partial charge in [0.15, 0.2) is 0 Å². The van der Waals surface area contributed by atoms with Crippen LogP contribution in [0.5, 0.6) is 5.88 Å². The van der Waals surface area contributed by atoms with E-state index in [2.05, 4.69) is 16.8 Å². The molecule has 0 radical (unpaired) electrons. The lowest BCUT2D eigenvalue weighted by Gasteiger charge is -2.32. The number of rotatable bonds is 3. The van der Waals surface area contributed by atoms with Crippen LogP contribution in [0.15, 0.2) is 9.59 Å². The van der Waals surface area contributed by atoms with Gasteiger partial charge in [-0.2, -0.15) is 0 Å². The number of nitrogens with zero attached hydrogens (tertiary/aromatic N) is 2. The van der Waals surface area contributed by atoms with Crippen molar-refractivity contribution in [2.45, 2.75) is 39.2 Å². The Morgan fingerprint density at radius 2 is 1.95 bits per heavy atom. The lowest BCUT2D eigenvalue weighted by atomic mass is 10.0. The number of hydrogen-bond acceptors (Lipinski definition) is 4. The van der Waals surface area contributed by atoms with Gasteiger partial charge in [-0.1, -0.05) is 6.92 Å². The molecule has 0 aromatic carbocycles. The number of likely N-dealkylation sites (tertiary alicyclic amines) is 1. The molecule has 2 N–H and O–H groups in total. The van der Waals surface area contributed by atoms with Gasteiger partial charge in [-0.15, -0.1) is 0 Å². The Labute approximate surface area is 111 Å². The quantitative estimate of drug-likeness (QED) is 0.840. The molecule has 0 unspecified atom stereocenters. The Bertz CT molecular complexity index is 553. The average Bonchev–Trinajstić information content (AvgIpc) is 2.38. The lowest BCUT2D eigenvalue weighted by molar-refractivity contribution is 0.177. The number of aromatic amines is 1. The van der Waals surface area contributed by atoms with Crippen LogP contribution in [0.2, 0.25) is 0 Å². The van der Waals surface area contributed by atoms with Gasteiger partial charge in [-0.05, 0) is 32.7 Å². The van der Waals surface area contributed by atoms with Crippen molar-refractivity contribution in [3.05, 3.63) is 26.4 Å². The predicted molar refractivity (Wildman–Crippen MR) is 72.7 cm³/mol. The number of piperidine rings is 1. The zero-order valence-corrected chi connectivity index (χ0v) is 11.5. The number of nitrogens with one attached hydrogen (secondary N) is 1. The Balaban J connectivity index is 2.23. The molecular formula is C13H21N3O3. The van der Waals surface area contributed by atoms with Crippen molar-refractivity contribution in [2.75, 3.05) is 19.6 Å². The second kappa shape index (κ2) is 5.61. The van der Waals surface area contributed by atoms with Crippen LogP contribution in [0.25, 0.3) is 0 Å². The first-order valence-electron chi connectivity index (χ1n) is 6.81. The van der Waals surface area contributed by atoms with Crippen molar-refractivity contribution >= 4 is 0 Å². The van der Waals surface area contributed by atoms with E-state index in [0.29, 0.717) is 0 Å². The van der Waals surface area contributed by atoms with Crippen LogP contribution >= 0.6 is 0 Å². The summed E-state index contributed by atoms with van der Waals surface area (Å²) in [7, 11) is 0. The molecule has 1 aliphatic rings.